The van der Waals surface area contributed by atoms with Crippen molar-refractivity contribution in [2.45, 2.75) is 51.0 Å². The van der Waals surface area contributed by atoms with E-state index in [4.69, 9.17) is 11.6 Å². The smallest absolute Gasteiger partial charge is 0.242 e. The molecule has 1 amide bonds. The summed E-state index contributed by atoms with van der Waals surface area (Å²) in [5.41, 5.74) is 1.56. The van der Waals surface area contributed by atoms with Gasteiger partial charge in [-0.15, -0.1) is 5.10 Å². The monoisotopic (exact) mass is 448 g/mol. The second-order valence-corrected chi connectivity index (χ2v) is 10.1. The summed E-state index contributed by atoms with van der Waals surface area (Å²) >= 11 is 9.59. The molecule has 4 aliphatic rings. The van der Waals surface area contributed by atoms with Crippen LogP contribution in [0.3, 0.4) is 0 Å². The first-order valence-corrected chi connectivity index (χ1v) is 10.7. The summed E-state index contributed by atoms with van der Waals surface area (Å²) in [6.45, 7) is 2.04. The number of halogens is 2. The van der Waals surface area contributed by atoms with Crippen LogP contribution in [0.15, 0.2) is 29.0 Å². The molecule has 2 aromatic rings. The third-order valence-corrected chi connectivity index (χ3v) is 7.66. The molecule has 1 aromatic heterocycles. The van der Waals surface area contributed by atoms with Gasteiger partial charge in [-0.2, -0.15) is 0 Å². The zero-order valence-electron chi connectivity index (χ0n) is 15.2. The number of nitrogens with one attached hydrogen (secondary N) is 1. The fourth-order valence-corrected chi connectivity index (χ4v) is 6.91. The van der Waals surface area contributed by atoms with E-state index in [0.717, 1.165) is 47.8 Å². The highest BCUT2D eigenvalue weighted by atomic mass is 79.9. The van der Waals surface area contributed by atoms with Gasteiger partial charge in [0.2, 0.25) is 11.2 Å². The van der Waals surface area contributed by atoms with E-state index in [1.54, 1.807) is 6.33 Å². The minimum atomic E-state index is -0.327. The largest absolute Gasteiger partial charge is 0.325 e. The number of rotatable bonds is 3. The number of carbonyl (C=O) groups is 1. The van der Waals surface area contributed by atoms with Crippen molar-refractivity contribution in [3.05, 3.63) is 39.8 Å². The second kappa shape index (κ2) is 6.05. The van der Waals surface area contributed by atoms with Gasteiger partial charge in [0.25, 0.3) is 0 Å². The van der Waals surface area contributed by atoms with Crippen LogP contribution in [-0.4, -0.2) is 20.7 Å². The maximum absolute atomic E-state index is 13.5. The Hall–Kier alpha value is -1.40. The predicted octanol–water partition coefficient (Wildman–Crippen LogP) is 4.94. The molecule has 2 atom stereocenters. The highest BCUT2D eigenvalue weighted by Crippen LogP contribution is 2.64. The van der Waals surface area contributed by atoms with Gasteiger partial charge in [-0.1, -0.05) is 6.07 Å². The van der Waals surface area contributed by atoms with E-state index in [-0.39, 0.29) is 22.1 Å². The molecular formula is C20H22BrClN4O. The summed E-state index contributed by atoms with van der Waals surface area (Å²) in [5.74, 6) is 1.29. The molecule has 0 aliphatic heterocycles. The van der Waals surface area contributed by atoms with Gasteiger partial charge < -0.3 is 5.32 Å². The van der Waals surface area contributed by atoms with Gasteiger partial charge in [-0.05, 0) is 103 Å². The Morgan fingerprint density at radius 1 is 1.30 bits per heavy atom. The number of nitrogens with zero attached hydrogens (tertiary/aromatic N) is 3. The third kappa shape index (κ3) is 2.83. The summed E-state index contributed by atoms with van der Waals surface area (Å²) < 4.78 is 2.88. The van der Waals surface area contributed by atoms with Crippen molar-refractivity contribution < 1.29 is 4.79 Å². The number of benzene rings is 1. The molecule has 27 heavy (non-hydrogen) atoms. The van der Waals surface area contributed by atoms with E-state index in [2.05, 4.69) is 31.3 Å². The first-order chi connectivity index (χ1) is 12.9. The first-order valence-electron chi connectivity index (χ1n) is 9.53. The standard InChI is InChI=1S/C20H22BrClN4O/c1-12-2-3-16(15(21)4-12)24-17(27)19-6-13-5-14(7-19)9-20(8-13,10-19)26-11-23-18(22)25-26/h2-4,11,13-14H,5-10H2,1H3,(H,24,27)/t13-,14-,19?,20?/m1/s1. The Balaban J connectivity index is 1.47. The number of anilines is 1. The lowest BCUT2D eigenvalue weighted by molar-refractivity contribution is -0.150. The minimum absolute atomic E-state index is 0.119. The van der Waals surface area contributed by atoms with Crippen LogP contribution in [0.2, 0.25) is 5.28 Å². The Morgan fingerprint density at radius 2 is 2.04 bits per heavy atom. The zero-order valence-corrected chi connectivity index (χ0v) is 17.6. The van der Waals surface area contributed by atoms with Crippen LogP contribution in [0.4, 0.5) is 5.69 Å². The summed E-state index contributed by atoms with van der Waals surface area (Å²) in [5, 5.41) is 7.93. The lowest BCUT2D eigenvalue weighted by atomic mass is 9.46. The average molecular weight is 450 g/mol. The van der Waals surface area contributed by atoms with Crippen molar-refractivity contribution >= 4 is 39.1 Å². The lowest BCUT2D eigenvalue weighted by Crippen LogP contribution is -2.60. The lowest BCUT2D eigenvalue weighted by Gasteiger charge is -2.60. The Labute approximate surface area is 172 Å². The van der Waals surface area contributed by atoms with Gasteiger partial charge in [0, 0.05) is 4.47 Å². The van der Waals surface area contributed by atoms with Crippen LogP contribution < -0.4 is 5.32 Å². The number of hydrogen-bond donors (Lipinski definition) is 1. The maximum Gasteiger partial charge on any atom is 0.242 e. The van der Waals surface area contributed by atoms with Gasteiger partial charge in [0.05, 0.1) is 16.6 Å². The molecule has 1 heterocycles. The molecule has 142 valence electrons. The Morgan fingerprint density at radius 3 is 2.67 bits per heavy atom. The molecular weight excluding hydrogens is 428 g/mol. The van der Waals surface area contributed by atoms with Crippen LogP contribution in [-0.2, 0) is 10.3 Å². The zero-order chi connectivity index (χ0) is 18.8. The summed E-state index contributed by atoms with van der Waals surface area (Å²) in [6, 6.07) is 6.04. The number of hydrogen-bond acceptors (Lipinski definition) is 3. The molecule has 0 spiro atoms. The van der Waals surface area contributed by atoms with E-state index in [9.17, 15) is 4.79 Å². The van der Waals surface area contributed by atoms with Crippen LogP contribution in [0, 0.1) is 24.2 Å². The highest BCUT2D eigenvalue weighted by molar-refractivity contribution is 9.10. The van der Waals surface area contributed by atoms with Crippen molar-refractivity contribution in [2.75, 3.05) is 5.32 Å². The highest BCUT2D eigenvalue weighted by Gasteiger charge is 2.61. The van der Waals surface area contributed by atoms with Crippen LogP contribution in [0.1, 0.15) is 44.1 Å². The predicted molar refractivity (Wildman–Crippen MR) is 108 cm³/mol. The number of aromatic nitrogens is 3. The van der Waals surface area contributed by atoms with E-state index < -0.39 is 0 Å². The van der Waals surface area contributed by atoms with Crippen LogP contribution >= 0.6 is 27.5 Å². The molecule has 0 unspecified atom stereocenters. The Kier molecular flexibility index (Phi) is 3.96. The first kappa shape index (κ1) is 17.7. The molecule has 1 aromatic carbocycles. The van der Waals surface area contributed by atoms with Gasteiger partial charge in [-0.25, -0.2) is 9.67 Å². The fraction of sp³-hybridized carbons (Fsp3) is 0.550. The SMILES string of the molecule is Cc1ccc(NC(=O)C23C[C@H]4C[C@H](C2)CC(n2cnc(Cl)n2)(C4)C3)c(Br)c1. The fourth-order valence-electron chi connectivity index (χ4n) is 6.20. The topological polar surface area (TPSA) is 59.8 Å². The maximum atomic E-state index is 13.5. The van der Waals surface area contributed by atoms with Gasteiger partial charge in [0.1, 0.15) is 6.33 Å². The van der Waals surface area contributed by atoms with Crippen molar-refractivity contribution in [3.63, 3.8) is 0 Å². The van der Waals surface area contributed by atoms with E-state index in [0.29, 0.717) is 11.8 Å². The molecule has 4 aliphatic carbocycles. The van der Waals surface area contributed by atoms with Crippen molar-refractivity contribution in [2.24, 2.45) is 17.3 Å². The normalized spacial score (nSPS) is 34.0. The molecule has 1 N–H and O–H groups in total. The number of amides is 1. The molecule has 4 bridgehead atoms. The van der Waals surface area contributed by atoms with E-state index in [1.807, 2.05) is 29.8 Å². The van der Waals surface area contributed by atoms with Crippen LogP contribution in [0.5, 0.6) is 0 Å². The Bertz CT molecular complexity index is 912. The van der Waals surface area contributed by atoms with E-state index >= 15 is 0 Å². The number of aryl methyl sites for hydroxylation is 1. The molecule has 5 nitrogen and oxygen atoms in total. The quantitative estimate of drug-likeness (QED) is 0.722. The number of carbonyl (C=O) groups excluding carboxylic acids is 1. The summed E-state index contributed by atoms with van der Waals surface area (Å²) in [7, 11) is 0. The van der Waals surface area contributed by atoms with E-state index in [1.165, 1.54) is 6.42 Å². The van der Waals surface area contributed by atoms with Crippen molar-refractivity contribution in [3.8, 4) is 0 Å². The van der Waals surface area contributed by atoms with Gasteiger partial charge >= 0.3 is 0 Å². The minimum Gasteiger partial charge on any atom is -0.325 e. The molecule has 4 saturated carbocycles. The van der Waals surface area contributed by atoms with Crippen molar-refractivity contribution in [1.82, 2.24) is 14.8 Å². The van der Waals surface area contributed by atoms with Gasteiger partial charge in [-0.3, -0.25) is 4.79 Å². The molecule has 0 radical (unpaired) electrons. The molecule has 7 heteroatoms. The second-order valence-electron chi connectivity index (χ2n) is 8.86. The van der Waals surface area contributed by atoms with Gasteiger partial charge in [0.15, 0.2) is 0 Å². The summed E-state index contributed by atoms with van der Waals surface area (Å²) in [6.07, 6.45) is 7.90. The van der Waals surface area contributed by atoms with Crippen LogP contribution in [0.25, 0.3) is 0 Å². The van der Waals surface area contributed by atoms with Crippen molar-refractivity contribution in [1.29, 1.82) is 0 Å². The molecule has 0 saturated heterocycles. The average Bonchev–Trinajstić information content (AvgIpc) is 3.03. The molecule has 4 fully saturated rings. The third-order valence-electron chi connectivity index (χ3n) is 6.83. The molecule has 6 rings (SSSR count). The summed E-state index contributed by atoms with van der Waals surface area (Å²) in [4.78, 5) is 17.6.